The maximum Gasteiger partial charge on any atom is 0.260 e. The first kappa shape index (κ1) is 22.8. The van der Waals surface area contributed by atoms with Gasteiger partial charge in [-0.3, -0.25) is 14.6 Å². The van der Waals surface area contributed by atoms with Crippen molar-refractivity contribution in [2.24, 2.45) is 5.92 Å². The predicted octanol–water partition coefficient (Wildman–Crippen LogP) is 3.59. The molecular weight excluding hydrogens is 443 g/mol. The number of rotatable bonds is 7. The highest BCUT2D eigenvalue weighted by Gasteiger charge is 2.28. The van der Waals surface area contributed by atoms with Gasteiger partial charge in [-0.1, -0.05) is 12.1 Å². The number of aryl methyl sites for hydroxylation is 1. The number of carbonyl (C=O) groups is 2. The van der Waals surface area contributed by atoms with Crippen LogP contribution in [0.5, 0.6) is 5.75 Å². The minimum atomic E-state index is -0.509. The molecule has 0 bridgehead atoms. The second-order valence-corrected chi connectivity index (χ2v) is 8.87. The molecule has 0 spiro atoms. The van der Waals surface area contributed by atoms with E-state index in [1.807, 2.05) is 24.4 Å². The topological polar surface area (TPSA) is 84.4 Å². The van der Waals surface area contributed by atoms with Gasteiger partial charge in [-0.2, -0.15) is 0 Å². The summed E-state index contributed by atoms with van der Waals surface area (Å²) in [6.45, 7) is 2.89. The van der Waals surface area contributed by atoms with Crippen LogP contribution in [0.4, 0.5) is 4.39 Å². The molecule has 1 aliphatic rings. The van der Waals surface area contributed by atoms with Gasteiger partial charge in [0.25, 0.3) is 5.91 Å². The molecule has 172 valence electrons. The zero-order valence-corrected chi connectivity index (χ0v) is 19.1. The molecule has 1 aromatic carbocycles. The van der Waals surface area contributed by atoms with E-state index in [1.54, 1.807) is 23.2 Å². The van der Waals surface area contributed by atoms with Crippen molar-refractivity contribution in [3.8, 4) is 17.0 Å². The van der Waals surface area contributed by atoms with Gasteiger partial charge in [-0.15, -0.1) is 11.3 Å². The van der Waals surface area contributed by atoms with E-state index in [9.17, 15) is 14.0 Å². The second-order valence-electron chi connectivity index (χ2n) is 7.93. The third kappa shape index (κ3) is 5.92. The lowest BCUT2D eigenvalue weighted by atomic mass is 9.97. The van der Waals surface area contributed by atoms with E-state index in [1.165, 1.54) is 23.5 Å². The van der Waals surface area contributed by atoms with Crippen LogP contribution in [0, 0.1) is 18.7 Å². The molecule has 0 radical (unpaired) electrons. The number of hydrogen-bond donors (Lipinski definition) is 1. The van der Waals surface area contributed by atoms with Gasteiger partial charge in [0.2, 0.25) is 5.91 Å². The molecule has 1 N–H and O–H groups in total. The van der Waals surface area contributed by atoms with Crippen LogP contribution in [0.25, 0.3) is 11.3 Å². The van der Waals surface area contributed by atoms with Gasteiger partial charge >= 0.3 is 0 Å². The third-order valence-corrected chi connectivity index (χ3v) is 6.35. The minimum Gasteiger partial charge on any atom is -0.481 e. The van der Waals surface area contributed by atoms with Crippen LogP contribution in [-0.4, -0.2) is 46.4 Å². The lowest BCUT2D eigenvalue weighted by Gasteiger charge is -2.32. The Morgan fingerprint density at radius 3 is 2.91 bits per heavy atom. The van der Waals surface area contributed by atoms with Gasteiger partial charge in [0.15, 0.2) is 18.2 Å². The molecule has 1 saturated heterocycles. The molecule has 1 aliphatic heterocycles. The van der Waals surface area contributed by atoms with Crippen LogP contribution in [-0.2, 0) is 16.1 Å². The van der Waals surface area contributed by atoms with Gasteiger partial charge in [-0.05, 0) is 44.0 Å². The predicted molar refractivity (Wildman–Crippen MR) is 123 cm³/mol. The number of piperidine rings is 1. The first-order valence-corrected chi connectivity index (χ1v) is 11.7. The SMILES string of the molecule is Cc1ccc(-c2csc(CNC(=O)[C@H]3CCCN(C(=O)COc4ccccc4F)C3)n2)cn1. The quantitative estimate of drug-likeness (QED) is 0.573. The molecule has 7 nitrogen and oxygen atoms in total. The third-order valence-electron chi connectivity index (χ3n) is 5.51. The molecule has 1 atom stereocenters. The van der Waals surface area contributed by atoms with Gasteiger partial charge < -0.3 is 15.0 Å². The summed E-state index contributed by atoms with van der Waals surface area (Å²) in [5.74, 6) is -1.12. The molecule has 0 saturated carbocycles. The minimum absolute atomic E-state index is 0.0430. The number of nitrogens with one attached hydrogen (secondary N) is 1. The molecule has 2 amide bonds. The Morgan fingerprint density at radius 1 is 1.27 bits per heavy atom. The van der Waals surface area contributed by atoms with Crippen molar-refractivity contribution in [1.82, 2.24) is 20.2 Å². The summed E-state index contributed by atoms with van der Waals surface area (Å²) in [6.07, 6.45) is 3.23. The fourth-order valence-corrected chi connectivity index (χ4v) is 4.40. The molecule has 3 aromatic rings. The van der Waals surface area contributed by atoms with Gasteiger partial charge in [0.05, 0.1) is 18.2 Å². The van der Waals surface area contributed by atoms with E-state index in [2.05, 4.69) is 15.3 Å². The Morgan fingerprint density at radius 2 is 2.12 bits per heavy atom. The summed E-state index contributed by atoms with van der Waals surface area (Å²) < 4.78 is 19.0. The van der Waals surface area contributed by atoms with Gasteiger partial charge in [-0.25, -0.2) is 9.37 Å². The standard InChI is InChI=1S/C24H25FN4O3S/c1-16-8-9-17(11-26-16)20-15-33-22(28-20)12-27-24(31)18-5-4-10-29(13-18)23(30)14-32-21-7-3-2-6-19(21)25/h2-3,6-9,11,15,18H,4-5,10,12-14H2,1H3,(H,27,31)/t18-/m0/s1. The number of hydrogen-bond acceptors (Lipinski definition) is 6. The van der Waals surface area contributed by atoms with Crippen molar-refractivity contribution in [2.45, 2.75) is 26.3 Å². The van der Waals surface area contributed by atoms with Crippen LogP contribution < -0.4 is 10.1 Å². The lowest BCUT2D eigenvalue weighted by molar-refractivity contribution is -0.137. The number of carbonyl (C=O) groups excluding carboxylic acids is 2. The molecular formula is C24H25FN4O3S. The Balaban J connectivity index is 1.27. The Kier molecular flexibility index (Phi) is 7.29. The number of aromatic nitrogens is 2. The van der Waals surface area contributed by atoms with E-state index in [-0.39, 0.29) is 30.1 Å². The van der Waals surface area contributed by atoms with E-state index in [4.69, 9.17) is 4.74 Å². The number of halogens is 1. The fourth-order valence-electron chi connectivity index (χ4n) is 3.66. The molecule has 33 heavy (non-hydrogen) atoms. The maximum atomic E-state index is 13.7. The molecule has 9 heteroatoms. The molecule has 4 rings (SSSR count). The number of ether oxygens (including phenoxy) is 1. The van der Waals surface area contributed by atoms with Crippen LogP contribution in [0.1, 0.15) is 23.5 Å². The van der Waals surface area contributed by atoms with E-state index in [0.717, 1.165) is 28.4 Å². The van der Waals surface area contributed by atoms with Gasteiger partial charge in [0.1, 0.15) is 5.01 Å². The van der Waals surface area contributed by atoms with Crippen LogP contribution in [0.2, 0.25) is 0 Å². The average molecular weight is 469 g/mol. The van der Waals surface area contributed by atoms with Crippen molar-refractivity contribution in [3.63, 3.8) is 0 Å². The van der Waals surface area contributed by atoms with Crippen LogP contribution in [0.3, 0.4) is 0 Å². The summed E-state index contributed by atoms with van der Waals surface area (Å²) in [5.41, 5.74) is 2.72. The number of benzene rings is 1. The number of likely N-dealkylation sites (tertiary alicyclic amines) is 1. The highest BCUT2D eigenvalue weighted by Crippen LogP contribution is 2.22. The largest absolute Gasteiger partial charge is 0.481 e. The number of thiazole rings is 1. The smallest absolute Gasteiger partial charge is 0.260 e. The highest BCUT2D eigenvalue weighted by atomic mass is 32.1. The Hall–Kier alpha value is -3.33. The fraction of sp³-hybridized carbons (Fsp3) is 0.333. The van der Waals surface area contributed by atoms with Gasteiger partial charge in [0, 0.05) is 35.9 Å². The zero-order valence-electron chi connectivity index (χ0n) is 18.3. The highest BCUT2D eigenvalue weighted by molar-refractivity contribution is 7.09. The van der Waals surface area contributed by atoms with E-state index < -0.39 is 5.82 Å². The summed E-state index contributed by atoms with van der Waals surface area (Å²) >= 11 is 1.48. The van der Waals surface area contributed by atoms with Crippen molar-refractivity contribution in [3.05, 3.63) is 64.5 Å². The number of para-hydroxylation sites is 1. The van der Waals surface area contributed by atoms with E-state index in [0.29, 0.717) is 26.1 Å². The van der Waals surface area contributed by atoms with Crippen molar-refractivity contribution < 1.29 is 18.7 Å². The summed E-state index contributed by atoms with van der Waals surface area (Å²) in [7, 11) is 0. The van der Waals surface area contributed by atoms with Crippen molar-refractivity contribution in [2.75, 3.05) is 19.7 Å². The zero-order chi connectivity index (χ0) is 23.2. The van der Waals surface area contributed by atoms with Crippen LogP contribution in [0.15, 0.2) is 48.0 Å². The maximum absolute atomic E-state index is 13.7. The lowest BCUT2D eigenvalue weighted by Crippen LogP contribution is -2.46. The summed E-state index contributed by atoms with van der Waals surface area (Å²) in [5, 5.41) is 5.70. The van der Waals surface area contributed by atoms with Crippen molar-refractivity contribution >= 4 is 23.2 Å². The van der Waals surface area contributed by atoms with Crippen LogP contribution >= 0.6 is 11.3 Å². The number of amides is 2. The summed E-state index contributed by atoms with van der Waals surface area (Å²) in [4.78, 5) is 35.7. The Bertz CT molecular complexity index is 1120. The molecule has 0 aliphatic carbocycles. The molecule has 2 aromatic heterocycles. The normalized spacial score (nSPS) is 15.8. The Labute approximate surface area is 195 Å². The number of nitrogens with zero attached hydrogens (tertiary/aromatic N) is 3. The average Bonchev–Trinajstić information content (AvgIpc) is 3.31. The van der Waals surface area contributed by atoms with Crippen molar-refractivity contribution in [1.29, 1.82) is 0 Å². The monoisotopic (exact) mass is 468 g/mol. The summed E-state index contributed by atoms with van der Waals surface area (Å²) in [6, 6.07) is 9.88. The molecule has 1 fully saturated rings. The first-order chi connectivity index (χ1) is 16.0. The number of pyridine rings is 1. The first-order valence-electron chi connectivity index (χ1n) is 10.8. The molecule has 0 unspecified atom stereocenters. The van der Waals surface area contributed by atoms with E-state index >= 15 is 0 Å². The second kappa shape index (κ2) is 10.5. The molecule has 3 heterocycles.